The summed E-state index contributed by atoms with van der Waals surface area (Å²) in [6.45, 7) is 6.33. The minimum absolute atomic E-state index is 0.138. The first-order valence-electron chi connectivity index (χ1n) is 27.3. The van der Waals surface area contributed by atoms with Crippen molar-refractivity contribution in [2.75, 3.05) is 13.2 Å². The van der Waals surface area contributed by atoms with Crippen LogP contribution in [0.5, 0.6) is 0 Å². The molecule has 0 radical (unpaired) electrons. The van der Waals surface area contributed by atoms with Gasteiger partial charge in [-0.2, -0.15) is 0 Å². The Morgan fingerprint density at radius 1 is 0.304 bits per heavy atom. The summed E-state index contributed by atoms with van der Waals surface area (Å²) in [7, 11) is 0. The molecule has 69 heavy (non-hydrogen) atoms. The predicted octanol–water partition coefficient (Wildman–Crippen LogP) is 18.4. The summed E-state index contributed by atoms with van der Waals surface area (Å²) in [5, 5.41) is 0. The van der Waals surface area contributed by atoms with Gasteiger partial charge in [-0.1, -0.05) is 205 Å². The number of rotatable bonds is 47. The summed E-state index contributed by atoms with van der Waals surface area (Å²) in [4.78, 5) is 38.1. The van der Waals surface area contributed by atoms with Gasteiger partial charge in [-0.15, -0.1) is 0 Å². The SMILES string of the molecule is CC/C=C\C/C=C\C/C=C\C/C=C\C/C=C\C/C=C\CCC(=O)O[C@@H](COC(=O)CCCC/C=C\C/C=C\C/C=C\CCCCC)COC(=O)CCCCCC/C=C\C/C=C\C/C=C\CCCCC. The van der Waals surface area contributed by atoms with Crippen LogP contribution >= 0.6 is 0 Å². The zero-order chi connectivity index (χ0) is 50.0. The molecule has 6 heteroatoms. The van der Waals surface area contributed by atoms with Gasteiger partial charge in [0.1, 0.15) is 13.2 Å². The number of unbranched alkanes of at least 4 members (excludes halogenated alkanes) is 12. The van der Waals surface area contributed by atoms with E-state index in [0.29, 0.717) is 19.3 Å². The highest BCUT2D eigenvalue weighted by Gasteiger charge is 2.19. The first kappa shape index (κ1) is 64.3. The van der Waals surface area contributed by atoms with E-state index in [2.05, 4.69) is 154 Å². The molecule has 0 aromatic rings. The van der Waals surface area contributed by atoms with Crippen LogP contribution in [0.1, 0.15) is 213 Å². The van der Waals surface area contributed by atoms with E-state index in [1.807, 2.05) is 12.2 Å². The second kappa shape index (κ2) is 55.9. The summed E-state index contributed by atoms with van der Waals surface area (Å²) in [6, 6.07) is 0. The molecule has 0 spiro atoms. The van der Waals surface area contributed by atoms with E-state index in [4.69, 9.17) is 14.2 Å². The van der Waals surface area contributed by atoms with Crippen molar-refractivity contribution in [3.05, 3.63) is 146 Å². The maximum atomic E-state index is 12.8. The van der Waals surface area contributed by atoms with Gasteiger partial charge < -0.3 is 14.2 Å². The molecule has 0 saturated heterocycles. The fraction of sp³-hybridized carbons (Fsp3) is 0.571. The van der Waals surface area contributed by atoms with Crippen LogP contribution in [0.2, 0.25) is 0 Å². The molecule has 0 aliphatic heterocycles. The van der Waals surface area contributed by atoms with Gasteiger partial charge in [0.25, 0.3) is 0 Å². The molecule has 0 bridgehead atoms. The molecule has 1 atom stereocenters. The first-order valence-corrected chi connectivity index (χ1v) is 27.3. The molecule has 0 amide bonds. The third kappa shape index (κ3) is 54.1. The van der Waals surface area contributed by atoms with Crippen LogP contribution in [0.25, 0.3) is 0 Å². The Labute approximate surface area is 423 Å². The second-order valence-corrected chi connectivity index (χ2v) is 17.4. The molecule has 386 valence electrons. The highest BCUT2D eigenvalue weighted by Crippen LogP contribution is 2.10. The Balaban J connectivity index is 4.64. The van der Waals surface area contributed by atoms with E-state index in [1.165, 1.54) is 51.4 Å². The van der Waals surface area contributed by atoms with Crippen molar-refractivity contribution in [1.29, 1.82) is 0 Å². The quantitative estimate of drug-likeness (QED) is 0.0262. The first-order chi connectivity index (χ1) is 34.0. The van der Waals surface area contributed by atoms with Crippen LogP contribution in [0.15, 0.2) is 146 Å². The highest BCUT2D eigenvalue weighted by molar-refractivity contribution is 5.71. The lowest BCUT2D eigenvalue weighted by Gasteiger charge is -2.18. The predicted molar refractivity (Wildman–Crippen MR) is 297 cm³/mol. The monoisotopic (exact) mass is 951 g/mol. The molecule has 0 saturated carbocycles. The van der Waals surface area contributed by atoms with Gasteiger partial charge >= 0.3 is 17.9 Å². The number of ether oxygens (including phenoxy) is 3. The lowest BCUT2D eigenvalue weighted by molar-refractivity contribution is -0.166. The topological polar surface area (TPSA) is 78.9 Å². The molecular formula is C63H98O6. The van der Waals surface area contributed by atoms with Gasteiger partial charge in [-0.25, -0.2) is 0 Å². The fourth-order valence-electron chi connectivity index (χ4n) is 6.71. The molecular weight excluding hydrogens is 853 g/mol. The minimum atomic E-state index is -0.850. The van der Waals surface area contributed by atoms with E-state index < -0.39 is 12.1 Å². The lowest BCUT2D eigenvalue weighted by Crippen LogP contribution is -2.30. The summed E-state index contributed by atoms with van der Waals surface area (Å²) < 4.78 is 16.7. The molecule has 0 unspecified atom stereocenters. The Hall–Kier alpha value is -4.71. The maximum absolute atomic E-state index is 12.8. The van der Waals surface area contributed by atoms with E-state index in [1.54, 1.807) is 0 Å². The third-order valence-electron chi connectivity index (χ3n) is 10.8. The Morgan fingerprint density at radius 3 is 0.957 bits per heavy atom. The standard InChI is InChI=1S/C63H98O6/c1-4-7-10-13-16-19-22-25-28-30-31-33-36-39-42-45-48-51-54-57-63(66)69-60(58-67-61(64)55-52-49-46-43-40-37-34-27-24-21-18-15-12-9-6-3)59-68-62(65)56-53-50-47-44-41-38-35-32-29-26-23-20-17-14-11-8-5-2/h7,10,16-21,25-29,31,33-35,38-40,42-43,48,51,60H,4-6,8-9,11-15,22-24,30,32,36-37,41,44-47,49-50,52-59H2,1-3H3/b10-7-,19-16-,20-17-,21-18-,28-25-,29-26-,33-31-,34-27-,38-35-,42-39-,43-40-,51-48-/t60-/m0/s1. The van der Waals surface area contributed by atoms with Crippen molar-refractivity contribution in [1.82, 2.24) is 0 Å². The maximum Gasteiger partial charge on any atom is 0.306 e. The van der Waals surface area contributed by atoms with Crippen molar-refractivity contribution < 1.29 is 28.6 Å². The van der Waals surface area contributed by atoms with Crippen LogP contribution in [0, 0.1) is 0 Å². The normalized spacial score (nSPS) is 13.3. The number of hydrogen-bond donors (Lipinski definition) is 0. The Kier molecular flexibility index (Phi) is 52.1. The van der Waals surface area contributed by atoms with Gasteiger partial charge in [0.2, 0.25) is 0 Å². The number of carbonyl (C=O) groups excluding carboxylic acids is 3. The van der Waals surface area contributed by atoms with Crippen molar-refractivity contribution in [3.63, 3.8) is 0 Å². The van der Waals surface area contributed by atoms with Gasteiger partial charge in [-0.05, 0) is 135 Å². The zero-order valence-corrected chi connectivity index (χ0v) is 44.0. The summed E-state index contributed by atoms with van der Waals surface area (Å²) in [6.07, 6.45) is 79.8. The molecule has 0 aromatic heterocycles. The van der Waals surface area contributed by atoms with Crippen LogP contribution in [-0.4, -0.2) is 37.2 Å². The second-order valence-electron chi connectivity index (χ2n) is 17.4. The van der Waals surface area contributed by atoms with Crippen LogP contribution < -0.4 is 0 Å². The molecule has 0 aliphatic carbocycles. The average Bonchev–Trinajstić information content (AvgIpc) is 3.35. The smallest absolute Gasteiger partial charge is 0.306 e. The Morgan fingerprint density at radius 2 is 0.594 bits per heavy atom. The van der Waals surface area contributed by atoms with E-state index in [0.717, 1.165) is 109 Å². The van der Waals surface area contributed by atoms with Crippen LogP contribution in [0.4, 0.5) is 0 Å². The van der Waals surface area contributed by atoms with E-state index in [-0.39, 0.29) is 38.0 Å². The van der Waals surface area contributed by atoms with E-state index in [9.17, 15) is 14.4 Å². The highest BCUT2D eigenvalue weighted by atomic mass is 16.6. The van der Waals surface area contributed by atoms with Crippen molar-refractivity contribution in [3.8, 4) is 0 Å². The molecule has 0 heterocycles. The molecule has 6 nitrogen and oxygen atoms in total. The molecule has 0 fully saturated rings. The van der Waals surface area contributed by atoms with Gasteiger partial charge in [-0.3, -0.25) is 14.4 Å². The van der Waals surface area contributed by atoms with Crippen LogP contribution in [0.3, 0.4) is 0 Å². The van der Waals surface area contributed by atoms with Crippen molar-refractivity contribution >= 4 is 17.9 Å². The summed E-state index contributed by atoms with van der Waals surface area (Å²) in [5.74, 6) is -1.09. The fourth-order valence-corrected chi connectivity index (χ4v) is 6.71. The zero-order valence-electron chi connectivity index (χ0n) is 44.0. The summed E-state index contributed by atoms with van der Waals surface area (Å²) in [5.41, 5.74) is 0. The van der Waals surface area contributed by atoms with Crippen LogP contribution in [-0.2, 0) is 28.6 Å². The number of hydrogen-bond acceptors (Lipinski definition) is 6. The van der Waals surface area contributed by atoms with E-state index >= 15 is 0 Å². The largest absolute Gasteiger partial charge is 0.462 e. The van der Waals surface area contributed by atoms with Gasteiger partial charge in [0.15, 0.2) is 6.10 Å². The minimum Gasteiger partial charge on any atom is -0.462 e. The Bertz CT molecular complexity index is 1560. The molecule has 0 N–H and O–H groups in total. The molecule has 0 aromatic carbocycles. The number of allylic oxidation sites excluding steroid dienone is 24. The number of carbonyl (C=O) groups is 3. The molecule has 0 rings (SSSR count). The van der Waals surface area contributed by atoms with Crippen molar-refractivity contribution in [2.45, 2.75) is 219 Å². The van der Waals surface area contributed by atoms with Crippen molar-refractivity contribution in [2.24, 2.45) is 0 Å². The molecule has 0 aliphatic rings. The average molecular weight is 951 g/mol. The number of esters is 3. The van der Waals surface area contributed by atoms with Gasteiger partial charge in [0, 0.05) is 19.3 Å². The lowest BCUT2D eigenvalue weighted by atomic mass is 10.1. The summed E-state index contributed by atoms with van der Waals surface area (Å²) >= 11 is 0. The third-order valence-corrected chi connectivity index (χ3v) is 10.8. The van der Waals surface area contributed by atoms with Gasteiger partial charge in [0.05, 0.1) is 0 Å².